The van der Waals surface area contributed by atoms with Crippen LogP contribution in [0.1, 0.15) is 60.9 Å². The molecule has 2 aliphatic rings. The highest BCUT2D eigenvalue weighted by Gasteiger charge is 2.47. The predicted molar refractivity (Wildman–Crippen MR) is 128 cm³/mol. The van der Waals surface area contributed by atoms with Crippen molar-refractivity contribution in [3.8, 4) is 11.5 Å². The molecule has 4 rings (SSSR count). The number of rotatable bonds is 6. The topological polar surface area (TPSA) is 96.3 Å². The Balaban J connectivity index is 1.88. The van der Waals surface area contributed by atoms with Gasteiger partial charge < -0.3 is 24.6 Å². The van der Waals surface area contributed by atoms with Gasteiger partial charge in [-0.1, -0.05) is 26.0 Å². The van der Waals surface area contributed by atoms with Gasteiger partial charge in [0, 0.05) is 18.7 Å². The zero-order chi connectivity index (χ0) is 24.6. The molecule has 2 heterocycles. The van der Waals surface area contributed by atoms with Gasteiger partial charge >= 0.3 is 0 Å². The quantitative estimate of drug-likeness (QED) is 0.372. The number of phenolic OH excluding ortho intramolecular Hbond substituents is 1. The second kappa shape index (κ2) is 9.50. The molecular formula is C27H31NO6. The summed E-state index contributed by atoms with van der Waals surface area (Å²) in [4.78, 5) is 27.9. The fourth-order valence-electron chi connectivity index (χ4n) is 4.81. The minimum atomic E-state index is -0.784. The maximum Gasteiger partial charge on any atom is 0.295 e. The molecule has 2 aromatic rings. The molecule has 2 saturated heterocycles. The molecule has 2 aromatic carbocycles. The van der Waals surface area contributed by atoms with Crippen molar-refractivity contribution < 1.29 is 29.3 Å². The van der Waals surface area contributed by atoms with Crippen molar-refractivity contribution in [1.82, 2.24) is 4.90 Å². The van der Waals surface area contributed by atoms with E-state index in [-0.39, 0.29) is 35.6 Å². The van der Waals surface area contributed by atoms with E-state index in [9.17, 15) is 19.8 Å². The minimum Gasteiger partial charge on any atom is -0.508 e. The molecule has 7 heteroatoms. The summed E-state index contributed by atoms with van der Waals surface area (Å²) in [7, 11) is 1.60. The highest BCUT2D eigenvalue weighted by Crippen LogP contribution is 2.42. The van der Waals surface area contributed by atoms with Crippen molar-refractivity contribution >= 4 is 17.4 Å². The number of ether oxygens (including phenoxy) is 2. The average Bonchev–Trinajstić information content (AvgIpc) is 3.41. The highest BCUT2D eigenvalue weighted by molar-refractivity contribution is 6.46. The number of carbonyl (C=O) groups is 2. The van der Waals surface area contributed by atoms with Gasteiger partial charge in [-0.25, -0.2) is 0 Å². The van der Waals surface area contributed by atoms with E-state index < -0.39 is 17.7 Å². The van der Waals surface area contributed by atoms with Gasteiger partial charge in [-0.15, -0.1) is 0 Å². The standard InChI is InChI=1S/C27H31NO6/c1-15(2)20-13-21(16(3)12-22(20)33-4)25(30)23-24(17-7-9-18(29)10-8-17)28(27(32)26(23)31)14-19-6-5-11-34-19/h7-10,12-13,15,19,24,29-30H,5-6,11,14H2,1-4H3/b25-23+. The number of benzene rings is 2. The van der Waals surface area contributed by atoms with Crippen molar-refractivity contribution in [2.45, 2.75) is 51.7 Å². The molecule has 1 amide bonds. The van der Waals surface area contributed by atoms with Gasteiger partial charge in [0.2, 0.25) is 0 Å². The lowest BCUT2D eigenvalue weighted by Crippen LogP contribution is -2.36. The lowest BCUT2D eigenvalue weighted by Gasteiger charge is -2.27. The molecule has 180 valence electrons. The Morgan fingerprint density at radius 1 is 1.21 bits per heavy atom. The van der Waals surface area contributed by atoms with E-state index in [1.807, 2.05) is 32.9 Å². The Morgan fingerprint density at radius 2 is 1.91 bits per heavy atom. The third-order valence-electron chi connectivity index (χ3n) is 6.63. The van der Waals surface area contributed by atoms with Crippen LogP contribution in [0, 0.1) is 6.92 Å². The minimum absolute atomic E-state index is 0.0386. The van der Waals surface area contributed by atoms with Crippen LogP contribution in [-0.4, -0.2) is 53.2 Å². The summed E-state index contributed by atoms with van der Waals surface area (Å²) in [5.41, 5.74) is 2.78. The summed E-state index contributed by atoms with van der Waals surface area (Å²) >= 11 is 0. The molecule has 34 heavy (non-hydrogen) atoms. The number of carbonyl (C=O) groups excluding carboxylic acids is 2. The largest absolute Gasteiger partial charge is 0.508 e. The average molecular weight is 466 g/mol. The number of methoxy groups -OCH3 is 1. The third kappa shape index (κ3) is 4.28. The van der Waals surface area contributed by atoms with Gasteiger partial charge in [-0.05, 0) is 66.6 Å². The van der Waals surface area contributed by atoms with Crippen molar-refractivity contribution in [3.63, 3.8) is 0 Å². The second-order valence-electron chi connectivity index (χ2n) is 9.24. The first-order valence-electron chi connectivity index (χ1n) is 11.6. The van der Waals surface area contributed by atoms with E-state index >= 15 is 0 Å². The first kappa shape index (κ1) is 23.8. The molecule has 0 aromatic heterocycles. The number of aliphatic hydroxyl groups excluding tert-OH is 1. The van der Waals surface area contributed by atoms with Gasteiger partial charge in [-0.3, -0.25) is 9.59 Å². The fourth-order valence-corrected chi connectivity index (χ4v) is 4.81. The molecule has 0 bridgehead atoms. The highest BCUT2D eigenvalue weighted by atomic mass is 16.5. The monoisotopic (exact) mass is 465 g/mol. The number of ketones is 1. The Hall–Kier alpha value is -3.32. The number of aliphatic hydroxyl groups is 1. The summed E-state index contributed by atoms with van der Waals surface area (Å²) < 4.78 is 11.2. The van der Waals surface area contributed by atoms with Crippen LogP contribution in [0.4, 0.5) is 0 Å². The molecule has 2 atom stereocenters. The van der Waals surface area contributed by atoms with E-state index in [1.165, 1.54) is 17.0 Å². The Morgan fingerprint density at radius 3 is 2.50 bits per heavy atom. The summed E-state index contributed by atoms with van der Waals surface area (Å²) in [6.45, 7) is 6.76. The number of hydrogen-bond donors (Lipinski definition) is 2. The first-order valence-corrected chi connectivity index (χ1v) is 11.6. The molecule has 0 radical (unpaired) electrons. The number of amides is 1. The van der Waals surface area contributed by atoms with Gasteiger partial charge in [0.1, 0.15) is 17.3 Å². The molecule has 2 N–H and O–H groups in total. The van der Waals surface area contributed by atoms with Gasteiger partial charge in [0.25, 0.3) is 11.7 Å². The SMILES string of the molecule is COc1cc(C)c(/C(O)=C2\C(=O)C(=O)N(CC3CCCO3)C2c2ccc(O)cc2)cc1C(C)C. The summed E-state index contributed by atoms with van der Waals surface area (Å²) in [6.07, 6.45) is 1.55. The molecule has 0 aliphatic carbocycles. The molecular weight excluding hydrogens is 434 g/mol. The normalized spacial score (nSPS) is 22.1. The molecule has 2 unspecified atom stereocenters. The Labute approximate surface area is 199 Å². The van der Waals surface area contributed by atoms with E-state index in [4.69, 9.17) is 9.47 Å². The van der Waals surface area contributed by atoms with E-state index in [0.717, 1.165) is 24.0 Å². The van der Waals surface area contributed by atoms with Crippen molar-refractivity contribution in [2.75, 3.05) is 20.3 Å². The van der Waals surface area contributed by atoms with Crippen LogP contribution in [0.15, 0.2) is 42.0 Å². The van der Waals surface area contributed by atoms with Crippen LogP contribution in [0.25, 0.3) is 5.76 Å². The lowest BCUT2D eigenvalue weighted by atomic mass is 9.91. The van der Waals surface area contributed by atoms with Crippen molar-refractivity contribution in [1.29, 1.82) is 0 Å². The number of phenols is 1. The van der Waals surface area contributed by atoms with Crippen LogP contribution in [0.2, 0.25) is 0 Å². The van der Waals surface area contributed by atoms with E-state index in [1.54, 1.807) is 19.2 Å². The van der Waals surface area contributed by atoms with Crippen molar-refractivity contribution in [2.24, 2.45) is 0 Å². The predicted octanol–water partition coefficient (Wildman–Crippen LogP) is 4.43. The molecule has 0 spiro atoms. The number of likely N-dealkylation sites (tertiary alicyclic amines) is 1. The first-order chi connectivity index (χ1) is 16.2. The smallest absolute Gasteiger partial charge is 0.295 e. The van der Waals surface area contributed by atoms with E-state index in [0.29, 0.717) is 23.5 Å². The van der Waals surface area contributed by atoms with Gasteiger partial charge in [0.15, 0.2) is 0 Å². The second-order valence-corrected chi connectivity index (χ2v) is 9.24. The number of Topliss-reactive ketones (excluding diaryl/α,β-unsaturated/α-hetero) is 1. The number of aromatic hydroxyl groups is 1. The van der Waals surface area contributed by atoms with E-state index in [2.05, 4.69) is 0 Å². The molecule has 2 aliphatic heterocycles. The molecule has 0 saturated carbocycles. The molecule has 7 nitrogen and oxygen atoms in total. The summed E-state index contributed by atoms with van der Waals surface area (Å²) in [6, 6.07) is 9.24. The lowest BCUT2D eigenvalue weighted by molar-refractivity contribution is -0.140. The molecule has 2 fully saturated rings. The maximum absolute atomic E-state index is 13.3. The third-order valence-corrected chi connectivity index (χ3v) is 6.63. The zero-order valence-corrected chi connectivity index (χ0v) is 20.0. The van der Waals surface area contributed by atoms with Crippen LogP contribution >= 0.6 is 0 Å². The van der Waals surface area contributed by atoms with Crippen LogP contribution in [-0.2, 0) is 14.3 Å². The fraction of sp³-hybridized carbons (Fsp3) is 0.407. The summed E-state index contributed by atoms with van der Waals surface area (Å²) in [5.74, 6) is -0.698. The van der Waals surface area contributed by atoms with Gasteiger partial charge in [0.05, 0.1) is 24.8 Å². The van der Waals surface area contributed by atoms with Crippen molar-refractivity contribution in [3.05, 3.63) is 64.2 Å². The Kier molecular flexibility index (Phi) is 6.66. The number of hydrogen-bond acceptors (Lipinski definition) is 6. The Bertz CT molecular complexity index is 1130. The number of nitrogens with zero attached hydrogens (tertiary/aromatic N) is 1. The maximum atomic E-state index is 13.3. The van der Waals surface area contributed by atoms with Gasteiger partial charge in [-0.2, -0.15) is 0 Å². The summed E-state index contributed by atoms with van der Waals surface area (Å²) in [5, 5.41) is 21.3. The zero-order valence-electron chi connectivity index (χ0n) is 20.0. The van der Waals surface area contributed by atoms with Crippen LogP contribution in [0.3, 0.4) is 0 Å². The van der Waals surface area contributed by atoms with Crippen LogP contribution < -0.4 is 4.74 Å². The number of aryl methyl sites for hydroxylation is 1. The van der Waals surface area contributed by atoms with Crippen LogP contribution in [0.5, 0.6) is 11.5 Å².